The van der Waals surface area contributed by atoms with Crippen LogP contribution in [0.5, 0.6) is 0 Å². The second-order valence-electron chi connectivity index (χ2n) is 9.85. The molecule has 167 valence electrons. The number of benzene rings is 2. The molecule has 0 amide bonds. The van der Waals surface area contributed by atoms with Crippen LogP contribution in [-0.2, 0) is 28.4 Å². The van der Waals surface area contributed by atoms with Gasteiger partial charge in [0, 0.05) is 0 Å². The van der Waals surface area contributed by atoms with Crippen molar-refractivity contribution in [3.63, 3.8) is 0 Å². The molecule has 0 radical (unpaired) electrons. The van der Waals surface area contributed by atoms with Gasteiger partial charge in [0.15, 0.2) is 0 Å². The molecule has 2 atom stereocenters. The number of hydrogen-bond acceptors (Lipinski definition) is 0. The minimum absolute atomic E-state index is 0.161. The summed E-state index contributed by atoms with van der Waals surface area (Å²) < 4.78 is 0.321. The Kier molecular flexibility index (Phi) is 6.58. The summed E-state index contributed by atoms with van der Waals surface area (Å²) in [6.45, 7) is 17.2. The third-order valence-electron chi connectivity index (χ3n) is 7.67. The summed E-state index contributed by atoms with van der Waals surface area (Å²) >= 11 is -4.49. The fourth-order valence-corrected chi connectivity index (χ4v) is 39.1. The van der Waals surface area contributed by atoms with E-state index in [1.54, 1.807) is 0 Å². The normalized spacial score (nSPS) is 20.8. The topological polar surface area (TPSA) is 0 Å². The van der Waals surface area contributed by atoms with Gasteiger partial charge in [-0.1, -0.05) is 0 Å². The standard InChI is InChI=1S/2C13H13.C2H7Si.2ClH.Zr/c2*1-3-5-11-6-4-7-12-8-10(2)9-13(11)12;1-3-2;;;/h2*3-4,6-9H,1,5H2,2H3;3H,1-2H3;2*1H;/q;;;;;+2/p-2. The van der Waals surface area contributed by atoms with Gasteiger partial charge in [0.05, 0.1) is 0 Å². The first-order chi connectivity index (χ1) is 15.1. The van der Waals surface area contributed by atoms with Crippen LogP contribution in [0, 0.1) is 0 Å². The van der Waals surface area contributed by atoms with Crippen molar-refractivity contribution >= 4 is 35.1 Å². The van der Waals surface area contributed by atoms with E-state index in [4.69, 9.17) is 17.0 Å². The van der Waals surface area contributed by atoms with E-state index in [0.29, 0.717) is 0 Å². The third kappa shape index (κ3) is 3.49. The number of rotatable bonds is 7. The monoisotopic (exact) mass is 557 g/mol. The fraction of sp³-hybridized carbons (Fsp3) is 0.286. The van der Waals surface area contributed by atoms with Crippen molar-refractivity contribution < 1.29 is 15.6 Å². The second-order valence-corrected chi connectivity index (χ2v) is 52.4. The Bertz CT molecular complexity index is 1090. The fourth-order valence-electron chi connectivity index (χ4n) is 6.20. The predicted molar refractivity (Wildman–Crippen MR) is 144 cm³/mol. The zero-order chi connectivity index (χ0) is 23.3. The molecule has 0 N–H and O–H groups in total. The van der Waals surface area contributed by atoms with Crippen molar-refractivity contribution in [2.45, 2.75) is 47.0 Å². The van der Waals surface area contributed by atoms with Crippen LogP contribution in [0.25, 0.3) is 12.2 Å². The van der Waals surface area contributed by atoms with Gasteiger partial charge in [-0.05, 0) is 0 Å². The Hall–Kier alpha value is -0.920. The van der Waals surface area contributed by atoms with E-state index >= 15 is 0 Å². The summed E-state index contributed by atoms with van der Waals surface area (Å²) in [7, 11) is 16.3. The number of allylic oxidation sites excluding steroid dienone is 4. The van der Waals surface area contributed by atoms with Gasteiger partial charge in [-0.15, -0.1) is 0 Å². The molecule has 4 heteroatoms. The molecule has 0 spiro atoms. The first kappa shape index (κ1) is 24.2. The molecule has 0 heterocycles. The second kappa shape index (κ2) is 8.70. The summed E-state index contributed by atoms with van der Waals surface area (Å²) in [5.41, 5.74) is 10.7. The van der Waals surface area contributed by atoms with Gasteiger partial charge in [0.1, 0.15) is 0 Å². The van der Waals surface area contributed by atoms with E-state index < -0.39 is 21.5 Å². The molecular formula is C28H33Cl2SiZr. The average Bonchev–Trinajstić information content (AvgIpc) is 3.26. The van der Waals surface area contributed by atoms with Crippen molar-refractivity contribution in [2.75, 3.05) is 0 Å². The van der Waals surface area contributed by atoms with Crippen LogP contribution in [0.2, 0.25) is 13.1 Å². The molecule has 0 saturated carbocycles. The van der Waals surface area contributed by atoms with E-state index in [1.165, 1.54) is 44.5 Å². The van der Waals surface area contributed by atoms with Crippen molar-refractivity contribution in [3.05, 3.63) is 106 Å². The van der Waals surface area contributed by atoms with Crippen LogP contribution in [-0.4, -0.2) is 5.92 Å². The molecule has 0 nitrogen and oxygen atoms in total. The first-order valence-electron chi connectivity index (χ1n) is 11.5. The summed E-state index contributed by atoms with van der Waals surface area (Å²) in [4.78, 5) is 0. The van der Waals surface area contributed by atoms with Crippen LogP contribution >= 0.6 is 17.0 Å². The Balaban J connectivity index is 1.96. The number of fused-ring (bicyclic) bond motifs is 2. The van der Waals surface area contributed by atoms with Crippen LogP contribution < -0.4 is 0 Å². The first-order valence-corrected chi connectivity index (χ1v) is 27.8. The predicted octanol–water partition coefficient (Wildman–Crippen LogP) is 8.74. The summed E-state index contributed by atoms with van der Waals surface area (Å²) in [5.74, 6) is -1.46. The summed E-state index contributed by atoms with van der Waals surface area (Å²) in [6, 6.07) is 13.3. The van der Waals surface area contributed by atoms with Gasteiger partial charge < -0.3 is 0 Å². The van der Waals surface area contributed by atoms with E-state index in [-0.39, 0.29) is 7.25 Å². The van der Waals surface area contributed by atoms with Gasteiger partial charge in [0.25, 0.3) is 0 Å². The zero-order valence-corrected chi connectivity index (χ0v) is 24.7. The Labute approximate surface area is 202 Å². The number of hydrogen-bond donors (Lipinski definition) is 0. The molecule has 2 aliphatic rings. The molecule has 0 bridgehead atoms. The summed E-state index contributed by atoms with van der Waals surface area (Å²) in [5, 5.41) is 0. The van der Waals surface area contributed by atoms with Crippen molar-refractivity contribution in [2.24, 2.45) is 0 Å². The molecule has 2 aliphatic carbocycles. The van der Waals surface area contributed by atoms with Gasteiger partial charge in [-0.25, -0.2) is 0 Å². The molecule has 0 aromatic heterocycles. The molecule has 0 fully saturated rings. The van der Waals surface area contributed by atoms with Gasteiger partial charge in [-0.3, -0.25) is 0 Å². The van der Waals surface area contributed by atoms with Crippen molar-refractivity contribution in [1.29, 1.82) is 0 Å². The molecule has 32 heavy (non-hydrogen) atoms. The maximum atomic E-state index is 8.16. The van der Waals surface area contributed by atoms with Crippen molar-refractivity contribution in [1.82, 2.24) is 0 Å². The van der Waals surface area contributed by atoms with E-state index in [2.05, 4.69) is 88.6 Å². The molecule has 2 unspecified atom stereocenters. The van der Waals surface area contributed by atoms with Gasteiger partial charge in [0.2, 0.25) is 0 Å². The molecule has 4 rings (SSSR count). The van der Waals surface area contributed by atoms with E-state index in [1.807, 2.05) is 12.2 Å². The van der Waals surface area contributed by atoms with E-state index in [9.17, 15) is 0 Å². The van der Waals surface area contributed by atoms with Gasteiger partial charge >= 0.3 is 204 Å². The molecule has 2 aromatic rings. The quantitative estimate of drug-likeness (QED) is 0.235. The third-order valence-corrected chi connectivity index (χ3v) is 59.9. The summed E-state index contributed by atoms with van der Waals surface area (Å²) in [6.07, 6.45) is 10.4. The molecule has 0 aliphatic heterocycles. The van der Waals surface area contributed by atoms with Crippen LogP contribution in [0.15, 0.2) is 72.9 Å². The van der Waals surface area contributed by atoms with Crippen LogP contribution in [0.1, 0.15) is 54.5 Å². The SMILES string of the molecule is C=CCc1cccc2c1C=C(C)[CH]2[Zr]([Cl])([Cl])([CH]1C(C)=Cc2c(CC=C)cccc21)[SiH](C)C. The van der Waals surface area contributed by atoms with Crippen molar-refractivity contribution in [3.8, 4) is 0 Å². The molecular weight excluding hydrogens is 527 g/mol. The average molecular weight is 560 g/mol. The van der Waals surface area contributed by atoms with Crippen LogP contribution in [0.3, 0.4) is 0 Å². The minimum atomic E-state index is -4.49. The number of halogens is 2. The Morgan fingerprint density at radius 3 is 1.56 bits per heavy atom. The van der Waals surface area contributed by atoms with Gasteiger partial charge in [-0.2, -0.15) is 0 Å². The zero-order valence-electron chi connectivity index (χ0n) is 19.6. The maximum absolute atomic E-state index is 8.16. The van der Waals surface area contributed by atoms with E-state index in [0.717, 1.165) is 12.8 Å². The Morgan fingerprint density at radius 2 is 1.22 bits per heavy atom. The molecule has 0 saturated heterocycles. The Morgan fingerprint density at radius 1 is 0.812 bits per heavy atom. The molecule has 2 aromatic carbocycles. The van der Waals surface area contributed by atoms with Crippen LogP contribution in [0.4, 0.5) is 0 Å².